The van der Waals surface area contributed by atoms with E-state index in [9.17, 15) is 0 Å². The molecule has 0 spiro atoms. The highest BCUT2D eigenvalue weighted by Gasteiger charge is 2.16. The lowest BCUT2D eigenvalue weighted by Crippen LogP contribution is -2.27. The van der Waals surface area contributed by atoms with E-state index in [0.717, 1.165) is 13.1 Å². The first kappa shape index (κ1) is 12.4. The van der Waals surface area contributed by atoms with Gasteiger partial charge in [0.15, 0.2) is 0 Å². The topological polar surface area (TPSA) is 28.2 Å². The summed E-state index contributed by atoms with van der Waals surface area (Å²) in [5, 5.41) is 3.31. The molecular weight excluding hydrogens is 210 g/mol. The first-order chi connectivity index (χ1) is 8.33. The Balaban J connectivity index is 2.23. The first-order valence-electron chi connectivity index (χ1n) is 6.70. The summed E-state index contributed by atoms with van der Waals surface area (Å²) in [6, 6.07) is 4.58. The molecule has 1 saturated heterocycles. The summed E-state index contributed by atoms with van der Waals surface area (Å²) in [6.45, 7) is 4.50. The van der Waals surface area contributed by atoms with Gasteiger partial charge in [0.1, 0.15) is 5.82 Å². The lowest BCUT2D eigenvalue weighted by atomic mass is 10.1. The second-order valence-corrected chi connectivity index (χ2v) is 4.83. The Morgan fingerprint density at radius 1 is 1.24 bits per heavy atom. The van der Waals surface area contributed by atoms with Crippen LogP contribution < -0.4 is 10.2 Å². The summed E-state index contributed by atoms with van der Waals surface area (Å²) in [5.74, 6) is 1.18. The van der Waals surface area contributed by atoms with E-state index < -0.39 is 0 Å². The summed E-state index contributed by atoms with van der Waals surface area (Å²) >= 11 is 0. The van der Waals surface area contributed by atoms with Gasteiger partial charge in [0.05, 0.1) is 0 Å². The molecule has 3 heteroatoms. The molecule has 1 aromatic heterocycles. The smallest absolute Gasteiger partial charge is 0.133 e. The van der Waals surface area contributed by atoms with E-state index in [1.807, 2.05) is 19.3 Å². The van der Waals surface area contributed by atoms with Crippen LogP contribution in [0.2, 0.25) is 0 Å². The molecule has 1 atom stereocenters. The Morgan fingerprint density at radius 2 is 1.94 bits per heavy atom. The quantitative estimate of drug-likeness (QED) is 0.870. The van der Waals surface area contributed by atoms with E-state index >= 15 is 0 Å². The Morgan fingerprint density at radius 3 is 2.59 bits per heavy atom. The molecule has 0 radical (unpaired) electrons. The van der Waals surface area contributed by atoms with Crippen molar-refractivity contribution in [1.29, 1.82) is 0 Å². The standard InChI is InChI=1S/C14H23N3/c1-12(15-2)13-8-7-9-16-14(13)17-10-5-3-4-6-11-17/h7-9,12,15H,3-6,10-11H2,1-2H3. The lowest BCUT2D eigenvalue weighted by Gasteiger charge is -2.26. The van der Waals surface area contributed by atoms with E-state index in [4.69, 9.17) is 0 Å². The fourth-order valence-corrected chi connectivity index (χ4v) is 2.45. The van der Waals surface area contributed by atoms with Gasteiger partial charge in [-0.25, -0.2) is 4.98 Å². The number of aromatic nitrogens is 1. The maximum absolute atomic E-state index is 4.60. The van der Waals surface area contributed by atoms with Crippen molar-refractivity contribution in [3.8, 4) is 0 Å². The lowest BCUT2D eigenvalue weighted by molar-refractivity contribution is 0.642. The van der Waals surface area contributed by atoms with E-state index in [2.05, 4.69) is 28.2 Å². The minimum Gasteiger partial charge on any atom is -0.356 e. The molecule has 1 aromatic rings. The molecule has 2 heterocycles. The van der Waals surface area contributed by atoms with Gasteiger partial charge in [0.25, 0.3) is 0 Å². The van der Waals surface area contributed by atoms with Crippen LogP contribution in [0.15, 0.2) is 18.3 Å². The average molecular weight is 233 g/mol. The van der Waals surface area contributed by atoms with Gasteiger partial charge in [-0.05, 0) is 32.9 Å². The molecule has 1 N–H and O–H groups in total. The third-order valence-electron chi connectivity index (χ3n) is 3.62. The number of nitrogens with zero attached hydrogens (tertiary/aromatic N) is 2. The van der Waals surface area contributed by atoms with Crippen molar-refractivity contribution >= 4 is 5.82 Å². The summed E-state index contributed by atoms with van der Waals surface area (Å²) in [6.07, 6.45) is 7.22. The van der Waals surface area contributed by atoms with E-state index in [1.54, 1.807) is 0 Å². The van der Waals surface area contributed by atoms with Crippen LogP contribution in [0.5, 0.6) is 0 Å². The Kier molecular flexibility index (Phi) is 4.37. The van der Waals surface area contributed by atoms with Gasteiger partial charge in [-0.1, -0.05) is 18.9 Å². The molecule has 3 nitrogen and oxygen atoms in total. The average Bonchev–Trinajstić information content (AvgIpc) is 2.66. The van der Waals surface area contributed by atoms with Gasteiger partial charge in [0, 0.05) is 30.9 Å². The van der Waals surface area contributed by atoms with Crippen LogP contribution in [-0.2, 0) is 0 Å². The highest BCUT2D eigenvalue weighted by molar-refractivity contribution is 5.48. The zero-order chi connectivity index (χ0) is 12.1. The minimum atomic E-state index is 0.363. The third-order valence-corrected chi connectivity index (χ3v) is 3.62. The number of hydrogen-bond acceptors (Lipinski definition) is 3. The van der Waals surface area contributed by atoms with Crippen molar-refractivity contribution in [2.75, 3.05) is 25.0 Å². The summed E-state index contributed by atoms with van der Waals surface area (Å²) in [7, 11) is 2.00. The van der Waals surface area contributed by atoms with Crippen LogP contribution in [0.3, 0.4) is 0 Å². The van der Waals surface area contributed by atoms with Crippen molar-refractivity contribution in [3.05, 3.63) is 23.9 Å². The van der Waals surface area contributed by atoms with Crippen LogP contribution in [-0.4, -0.2) is 25.1 Å². The monoisotopic (exact) mass is 233 g/mol. The van der Waals surface area contributed by atoms with Crippen LogP contribution in [0, 0.1) is 0 Å². The predicted octanol–water partition coefficient (Wildman–Crippen LogP) is 2.74. The molecule has 0 aromatic carbocycles. The predicted molar refractivity (Wildman–Crippen MR) is 72.4 cm³/mol. The highest BCUT2D eigenvalue weighted by Crippen LogP contribution is 2.25. The zero-order valence-corrected chi connectivity index (χ0v) is 10.9. The van der Waals surface area contributed by atoms with E-state index in [0.29, 0.717) is 6.04 Å². The maximum Gasteiger partial charge on any atom is 0.133 e. The van der Waals surface area contributed by atoms with Crippen LogP contribution >= 0.6 is 0 Å². The summed E-state index contributed by atoms with van der Waals surface area (Å²) in [4.78, 5) is 7.05. The molecule has 1 aliphatic rings. The molecule has 0 bridgehead atoms. The van der Waals surface area contributed by atoms with E-state index in [-0.39, 0.29) is 0 Å². The molecule has 94 valence electrons. The van der Waals surface area contributed by atoms with Gasteiger partial charge in [-0.15, -0.1) is 0 Å². The number of hydrogen-bond donors (Lipinski definition) is 1. The van der Waals surface area contributed by atoms with Crippen molar-refractivity contribution in [3.63, 3.8) is 0 Å². The van der Waals surface area contributed by atoms with Crippen molar-refractivity contribution in [2.24, 2.45) is 0 Å². The fraction of sp³-hybridized carbons (Fsp3) is 0.643. The molecule has 0 amide bonds. The van der Waals surface area contributed by atoms with E-state index in [1.165, 1.54) is 37.1 Å². The molecular formula is C14H23N3. The van der Waals surface area contributed by atoms with Crippen molar-refractivity contribution < 1.29 is 0 Å². The number of nitrogens with one attached hydrogen (secondary N) is 1. The van der Waals surface area contributed by atoms with Gasteiger partial charge in [-0.2, -0.15) is 0 Å². The zero-order valence-electron chi connectivity index (χ0n) is 10.9. The van der Waals surface area contributed by atoms with Crippen LogP contribution in [0.4, 0.5) is 5.82 Å². The van der Waals surface area contributed by atoms with Gasteiger partial charge >= 0.3 is 0 Å². The van der Waals surface area contributed by atoms with Crippen molar-refractivity contribution in [1.82, 2.24) is 10.3 Å². The van der Waals surface area contributed by atoms with Crippen LogP contribution in [0.1, 0.15) is 44.2 Å². The van der Waals surface area contributed by atoms with Crippen LogP contribution in [0.25, 0.3) is 0 Å². The third kappa shape index (κ3) is 2.97. The molecule has 0 aliphatic carbocycles. The number of pyridine rings is 1. The Labute approximate surface area is 104 Å². The normalized spacial score (nSPS) is 18.8. The SMILES string of the molecule is CNC(C)c1cccnc1N1CCCCCC1. The molecule has 17 heavy (non-hydrogen) atoms. The molecule has 1 unspecified atom stereocenters. The summed E-state index contributed by atoms with van der Waals surface area (Å²) < 4.78 is 0. The number of rotatable bonds is 3. The Bertz CT molecular complexity index is 343. The Hall–Kier alpha value is -1.09. The molecule has 1 aliphatic heterocycles. The molecule has 0 saturated carbocycles. The minimum absolute atomic E-state index is 0.363. The summed E-state index contributed by atoms with van der Waals surface area (Å²) in [5.41, 5.74) is 1.32. The van der Waals surface area contributed by atoms with Crippen molar-refractivity contribution in [2.45, 2.75) is 38.6 Å². The van der Waals surface area contributed by atoms with Gasteiger partial charge in [0.2, 0.25) is 0 Å². The van der Waals surface area contributed by atoms with Gasteiger partial charge < -0.3 is 10.2 Å². The fourth-order valence-electron chi connectivity index (χ4n) is 2.45. The first-order valence-corrected chi connectivity index (χ1v) is 6.70. The highest BCUT2D eigenvalue weighted by atomic mass is 15.2. The maximum atomic E-state index is 4.60. The second-order valence-electron chi connectivity index (χ2n) is 4.83. The van der Waals surface area contributed by atoms with Gasteiger partial charge in [-0.3, -0.25) is 0 Å². The second kappa shape index (κ2) is 6.01. The molecule has 2 rings (SSSR count). The molecule has 1 fully saturated rings. The number of anilines is 1. The largest absolute Gasteiger partial charge is 0.356 e.